The minimum atomic E-state index is -0.529. The van der Waals surface area contributed by atoms with Crippen LogP contribution in [0.2, 0.25) is 5.02 Å². The lowest BCUT2D eigenvalue weighted by molar-refractivity contribution is 0.609. The SMILES string of the molecule is N#CCc1c(F)cncc1Cl. The quantitative estimate of drug-likeness (QED) is 0.646. The van der Waals surface area contributed by atoms with Gasteiger partial charge in [-0.2, -0.15) is 5.26 Å². The van der Waals surface area contributed by atoms with E-state index in [2.05, 4.69) is 4.98 Å². The van der Waals surface area contributed by atoms with Gasteiger partial charge >= 0.3 is 0 Å². The highest BCUT2D eigenvalue weighted by Crippen LogP contribution is 2.17. The number of nitrogens with zero attached hydrogens (tertiary/aromatic N) is 2. The molecule has 1 aromatic heterocycles. The van der Waals surface area contributed by atoms with Gasteiger partial charge in [-0.3, -0.25) is 4.98 Å². The molecule has 0 atom stereocenters. The lowest BCUT2D eigenvalue weighted by atomic mass is 10.2. The van der Waals surface area contributed by atoms with Crippen molar-refractivity contribution < 1.29 is 4.39 Å². The van der Waals surface area contributed by atoms with Crippen LogP contribution >= 0.6 is 11.6 Å². The van der Waals surface area contributed by atoms with Gasteiger partial charge in [0.2, 0.25) is 0 Å². The molecule has 0 N–H and O–H groups in total. The summed E-state index contributed by atoms with van der Waals surface area (Å²) in [5, 5.41) is 8.47. The zero-order chi connectivity index (χ0) is 8.27. The molecule has 4 heteroatoms. The minimum Gasteiger partial charge on any atom is -0.260 e. The van der Waals surface area contributed by atoms with E-state index in [1.807, 2.05) is 6.07 Å². The third kappa shape index (κ3) is 1.66. The molecule has 2 nitrogen and oxygen atoms in total. The van der Waals surface area contributed by atoms with Gasteiger partial charge in [0.25, 0.3) is 0 Å². The highest BCUT2D eigenvalue weighted by atomic mass is 35.5. The van der Waals surface area contributed by atoms with Gasteiger partial charge in [0.1, 0.15) is 5.82 Å². The second kappa shape index (κ2) is 3.31. The molecule has 0 bridgehead atoms. The summed E-state index contributed by atoms with van der Waals surface area (Å²) in [5.74, 6) is -0.529. The van der Waals surface area contributed by atoms with Gasteiger partial charge in [-0.25, -0.2) is 4.39 Å². The van der Waals surface area contributed by atoms with Gasteiger partial charge in [-0.1, -0.05) is 11.6 Å². The fourth-order valence-electron chi connectivity index (χ4n) is 0.686. The summed E-state index contributed by atoms with van der Waals surface area (Å²) in [6.07, 6.45) is 2.34. The molecule has 0 radical (unpaired) electrons. The first kappa shape index (κ1) is 7.96. The number of hydrogen-bond acceptors (Lipinski definition) is 2. The number of halogens is 2. The summed E-state index contributed by atoms with van der Waals surface area (Å²) in [6.45, 7) is 0. The second-order valence-corrected chi connectivity index (χ2v) is 2.32. The minimum absolute atomic E-state index is 0.0206. The Labute approximate surface area is 68.2 Å². The van der Waals surface area contributed by atoms with E-state index in [1.165, 1.54) is 6.20 Å². The van der Waals surface area contributed by atoms with Crippen molar-refractivity contribution >= 4 is 11.6 Å². The van der Waals surface area contributed by atoms with Crippen LogP contribution in [0.15, 0.2) is 12.4 Å². The van der Waals surface area contributed by atoms with Crippen molar-refractivity contribution in [2.24, 2.45) is 0 Å². The van der Waals surface area contributed by atoms with Crippen LogP contribution in [-0.2, 0) is 6.42 Å². The fraction of sp³-hybridized carbons (Fsp3) is 0.143. The maximum Gasteiger partial charge on any atom is 0.147 e. The topological polar surface area (TPSA) is 36.7 Å². The van der Waals surface area contributed by atoms with Crippen LogP contribution in [0.5, 0.6) is 0 Å². The van der Waals surface area contributed by atoms with Crippen LogP contribution < -0.4 is 0 Å². The zero-order valence-electron chi connectivity index (χ0n) is 5.51. The van der Waals surface area contributed by atoms with E-state index < -0.39 is 5.82 Å². The smallest absolute Gasteiger partial charge is 0.147 e. The molecule has 0 aliphatic rings. The molecule has 0 saturated carbocycles. The Bertz CT molecular complexity index is 286. The molecule has 0 fully saturated rings. The summed E-state index contributed by atoms with van der Waals surface area (Å²) in [5.41, 5.74) is 0.212. The van der Waals surface area contributed by atoms with Crippen LogP contribution in [-0.4, -0.2) is 4.98 Å². The standard InChI is InChI=1S/C7H4ClFN2/c8-6-3-11-4-7(9)5(6)1-2-10/h3-4H,1H2. The Morgan fingerprint density at radius 2 is 2.36 bits per heavy atom. The van der Waals surface area contributed by atoms with Gasteiger partial charge in [-0.15, -0.1) is 0 Å². The molecule has 0 spiro atoms. The van der Waals surface area contributed by atoms with Gasteiger partial charge in [-0.05, 0) is 0 Å². The van der Waals surface area contributed by atoms with Crippen molar-refractivity contribution in [3.8, 4) is 6.07 Å². The van der Waals surface area contributed by atoms with Gasteiger partial charge < -0.3 is 0 Å². The van der Waals surface area contributed by atoms with E-state index in [0.717, 1.165) is 6.20 Å². The number of hydrogen-bond donors (Lipinski definition) is 0. The molecule has 0 aliphatic carbocycles. The van der Waals surface area contributed by atoms with Crippen LogP contribution in [0.25, 0.3) is 0 Å². The van der Waals surface area contributed by atoms with E-state index in [9.17, 15) is 4.39 Å². The third-order valence-corrected chi connectivity index (χ3v) is 1.53. The van der Waals surface area contributed by atoms with E-state index in [4.69, 9.17) is 16.9 Å². The monoisotopic (exact) mass is 170 g/mol. The van der Waals surface area contributed by atoms with Crippen molar-refractivity contribution in [1.29, 1.82) is 5.26 Å². The average molecular weight is 171 g/mol. The second-order valence-electron chi connectivity index (χ2n) is 1.92. The first-order valence-electron chi connectivity index (χ1n) is 2.90. The van der Waals surface area contributed by atoms with Crippen molar-refractivity contribution in [2.45, 2.75) is 6.42 Å². The zero-order valence-corrected chi connectivity index (χ0v) is 6.27. The number of nitriles is 1. The lowest BCUT2D eigenvalue weighted by Crippen LogP contribution is -1.90. The maximum atomic E-state index is 12.7. The van der Waals surface area contributed by atoms with E-state index >= 15 is 0 Å². The molecule has 0 saturated heterocycles. The molecule has 0 unspecified atom stereocenters. The highest BCUT2D eigenvalue weighted by Gasteiger charge is 2.05. The number of rotatable bonds is 1. The predicted molar refractivity (Wildman–Crippen MR) is 38.5 cm³/mol. The molecule has 0 aliphatic heterocycles. The number of aromatic nitrogens is 1. The van der Waals surface area contributed by atoms with E-state index in [-0.39, 0.29) is 17.0 Å². The number of pyridine rings is 1. The third-order valence-electron chi connectivity index (χ3n) is 1.21. The van der Waals surface area contributed by atoms with Crippen molar-refractivity contribution in [2.75, 3.05) is 0 Å². The van der Waals surface area contributed by atoms with Crippen molar-refractivity contribution in [3.05, 3.63) is 28.8 Å². The van der Waals surface area contributed by atoms with Gasteiger partial charge in [0.15, 0.2) is 0 Å². The van der Waals surface area contributed by atoms with Gasteiger partial charge in [0.05, 0.1) is 23.7 Å². The average Bonchev–Trinajstić information content (AvgIpc) is 1.97. The molecule has 56 valence electrons. The first-order valence-corrected chi connectivity index (χ1v) is 3.28. The molecule has 1 aromatic rings. The summed E-state index contributed by atoms with van der Waals surface area (Å²) in [6, 6.07) is 1.81. The molecule has 0 amide bonds. The summed E-state index contributed by atoms with van der Waals surface area (Å²) in [4.78, 5) is 3.51. The van der Waals surface area contributed by atoms with Crippen molar-refractivity contribution in [3.63, 3.8) is 0 Å². The molecular formula is C7H4ClFN2. The largest absolute Gasteiger partial charge is 0.260 e. The summed E-state index contributed by atoms with van der Waals surface area (Å²) in [7, 11) is 0. The maximum absolute atomic E-state index is 12.7. The summed E-state index contributed by atoms with van der Waals surface area (Å²) >= 11 is 5.55. The Kier molecular flexibility index (Phi) is 2.40. The van der Waals surface area contributed by atoms with Crippen LogP contribution in [0, 0.1) is 17.1 Å². The van der Waals surface area contributed by atoms with E-state index in [0.29, 0.717) is 0 Å². The Morgan fingerprint density at radius 1 is 1.64 bits per heavy atom. The Balaban J connectivity index is 3.12. The van der Waals surface area contributed by atoms with Crippen molar-refractivity contribution in [1.82, 2.24) is 4.98 Å². The molecule has 1 rings (SSSR count). The molecular weight excluding hydrogens is 167 g/mol. The normalized spacial score (nSPS) is 9.18. The van der Waals surface area contributed by atoms with E-state index in [1.54, 1.807) is 0 Å². The molecule has 1 heterocycles. The molecule has 11 heavy (non-hydrogen) atoms. The lowest BCUT2D eigenvalue weighted by Gasteiger charge is -1.97. The predicted octanol–water partition coefficient (Wildman–Crippen LogP) is 1.94. The Morgan fingerprint density at radius 3 is 2.91 bits per heavy atom. The molecule has 0 aromatic carbocycles. The first-order chi connectivity index (χ1) is 5.25. The van der Waals surface area contributed by atoms with Crippen LogP contribution in [0.4, 0.5) is 4.39 Å². The summed E-state index contributed by atoms with van der Waals surface area (Å²) < 4.78 is 12.7. The van der Waals surface area contributed by atoms with Gasteiger partial charge in [0, 0.05) is 11.8 Å². The van der Waals surface area contributed by atoms with Crippen LogP contribution in [0.3, 0.4) is 0 Å². The highest BCUT2D eigenvalue weighted by molar-refractivity contribution is 6.31. The van der Waals surface area contributed by atoms with Crippen LogP contribution in [0.1, 0.15) is 5.56 Å². The Hall–Kier alpha value is -1.14. The fourth-order valence-corrected chi connectivity index (χ4v) is 0.899.